The summed E-state index contributed by atoms with van der Waals surface area (Å²) < 4.78 is 8.05. The van der Waals surface area contributed by atoms with E-state index in [1.807, 2.05) is 37.4 Å². The minimum atomic E-state index is 0.737. The van der Waals surface area contributed by atoms with E-state index in [4.69, 9.17) is 4.42 Å². The van der Waals surface area contributed by atoms with Crippen molar-refractivity contribution in [1.29, 1.82) is 0 Å². The summed E-state index contributed by atoms with van der Waals surface area (Å²) in [4.78, 5) is 11.4. The highest BCUT2D eigenvalue weighted by molar-refractivity contribution is 5.33. The quantitative estimate of drug-likeness (QED) is 0.776. The minimum absolute atomic E-state index is 0.737. The number of aromatic nitrogens is 3. The van der Waals surface area contributed by atoms with Gasteiger partial charge in [-0.3, -0.25) is 4.90 Å². The van der Waals surface area contributed by atoms with Gasteiger partial charge in [-0.15, -0.1) is 0 Å². The van der Waals surface area contributed by atoms with Crippen molar-refractivity contribution in [2.24, 2.45) is 0 Å². The summed E-state index contributed by atoms with van der Waals surface area (Å²) in [5.74, 6) is 4.06. The summed E-state index contributed by atoms with van der Waals surface area (Å²) in [5.41, 5.74) is 1.20. The van der Waals surface area contributed by atoms with Gasteiger partial charge in [-0.2, -0.15) is 0 Å². The predicted molar refractivity (Wildman–Crippen MR) is 96.2 cm³/mol. The molecule has 3 aromatic heterocycles. The molecule has 0 saturated heterocycles. The molecule has 0 aromatic carbocycles. The monoisotopic (exact) mass is 337 g/mol. The fourth-order valence-electron chi connectivity index (χ4n) is 3.28. The smallest absolute Gasteiger partial charge is 0.126 e. The molecule has 25 heavy (non-hydrogen) atoms. The first-order valence-electron chi connectivity index (χ1n) is 8.74. The van der Waals surface area contributed by atoms with Crippen LogP contribution in [0.3, 0.4) is 0 Å². The molecule has 1 aliphatic heterocycles. The third-order valence-electron chi connectivity index (χ3n) is 4.60. The Morgan fingerprint density at radius 2 is 2.08 bits per heavy atom. The lowest BCUT2D eigenvalue weighted by Crippen LogP contribution is -2.26. The van der Waals surface area contributed by atoms with Crippen LogP contribution in [0.2, 0.25) is 0 Å². The van der Waals surface area contributed by atoms with Gasteiger partial charge >= 0.3 is 0 Å². The first-order valence-corrected chi connectivity index (χ1v) is 8.74. The van der Waals surface area contributed by atoms with Crippen molar-refractivity contribution < 1.29 is 4.42 Å². The molecule has 3 aromatic rings. The molecule has 0 spiro atoms. The Labute approximate surface area is 147 Å². The average Bonchev–Trinajstić information content (AvgIpc) is 3.16. The summed E-state index contributed by atoms with van der Waals surface area (Å²) in [7, 11) is 0. The van der Waals surface area contributed by atoms with Gasteiger partial charge in [0.15, 0.2) is 0 Å². The zero-order valence-electron chi connectivity index (χ0n) is 14.5. The number of nitrogens with zero attached hydrogens (tertiary/aromatic N) is 4. The van der Waals surface area contributed by atoms with E-state index >= 15 is 0 Å². The number of hydrogen-bond donors (Lipinski definition) is 1. The van der Waals surface area contributed by atoms with E-state index in [2.05, 4.69) is 30.8 Å². The highest BCUT2D eigenvalue weighted by Crippen LogP contribution is 2.16. The molecule has 1 aliphatic rings. The van der Waals surface area contributed by atoms with Gasteiger partial charge in [0, 0.05) is 32.3 Å². The van der Waals surface area contributed by atoms with Crippen molar-refractivity contribution in [1.82, 2.24) is 19.4 Å². The molecule has 0 fully saturated rings. The third kappa shape index (κ3) is 3.74. The molecule has 4 rings (SSSR count). The average molecular weight is 337 g/mol. The molecule has 4 heterocycles. The number of furan rings is 1. The lowest BCUT2D eigenvalue weighted by Gasteiger charge is -2.18. The Morgan fingerprint density at radius 1 is 1.12 bits per heavy atom. The van der Waals surface area contributed by atoms with Crippen molar-refractivity contribution in [3.8, 4) is 0 Å². The molecule has 1 N–H and O–H groups in total. The molecule has 130 valence electrons. The second-order valence-corrected chi connectivity index (χ2v) is 6.42. The maximum absolute atomic E-state index is 5.72. The summed E-state index contributed by atoms with van der Waals surface area (Å²) >= 11 is 0. The fourth-order valence-corrected chi connectivity index (χ4v) is 3.28. The van der Waals surface area contributed by atoms with Crippen molar-refractivity contribution in [3.63, 3.8) is 0 Å². The summed E-state index contributed by atoms with van der Waals surface area (Å²) in [6, 6.07) is 9.99. The molecule has 0 unspecified atom stereocenters. The van der Waals surface area contributed by atoms with Gasteiger partial charge in [-0.25, -0.2) is 9.97 Å². The molecule has 6 nitrogen and oxygen atoms in total. The molecular weight excluding hydrogens is 314 g/mol. The van der Waals surface area contributed by atoms with Crippen molar-refractivity contribution in [2.75, 3.05) is 18.4 Å². The second-order valence-electron chi connectivity index (χ2n) is 6.42. The number of nitrogens with one attached hydrogen (secondary N) is 1. The highest BCUT2D eigenvalue weighted by Gasteiger charge is 2.18. The van der Waals surface area contributed by atoms with E-state index < -0.39 is 0 Å². The molecule has 0 saturated carbocycles. The normalized spacial score (nSPS) is 14.9. The van der Waals surface area contributed by atoms with E-state index in [1.54, 1.807) is 6.20 Å². The number of pyridine rings is 1. The lowest BCUT2D eigenvalue weighted by molar-refractivity contribution is 0.246. The Morgan fingerprint density at radius 3 is 2.88 bits per heavy atom. The maximum atomic E-state index is 5.72. The lowest BCUT2D eigenvalue weighted by atomic mass is 10.3. The first kappa shape index (κ1) is 15.9. The Bertz CT molecular complexity index is 823. The van der Waals surface area contributed by atoms with Gasteiger partial charge in [0.1, 0.15) is 23.2 Å². The second kappa shape index (κ2) is 7.11. The largest absolute Gasteiger partial charge is 0.465 e. The number of rotatable bonds is 5. The zero-order valence-corrected chi connectivity index (χ0v) is 14.5. The van der Waals surface area contributed by atoms with Crippen LogP contribution in [-0.2, 0) is 26.1 Å². The van der Waals surface area contributed by atoms with Crippen LogP contribution in [0.15, 0.2) is 47.1 Å². The van der Waals surface area contributed by atoms with Gasteiger partial charge in [0.25, 0.3) is 0 Å². The van der Waals surface area contributed by atoms with E-state index in [0.29, 0.717) is 0 Å². The Balaban J connectivity index is 1.39. The van der Waals surface area contributed by atoms with Gasteiger partial charge in [-0.05, 0) is 31.2 Å². The number of anilines is 1. The predicted octanol–water partition coefficient (Wildman–Crippen LogP) is 2.85. The molecule has 0 amide bonds. The van der Waals surface area contributed by atoms with E-state index in [0.717, 1.165) is 62.3 Å². The molecule has 0 atom stereocenters. The number of hydrogen-bond acceptors (Lipinski definition) is 5. The van der Waals surface area contributed by atoms with Gasteiger partial charge in [-0.1, -0.05) is 6.07 Å². The standard InChI is InChI=1S/C19H23N5O/c1-15-5-6-17(25-15)14-23-9-7-19-22-13-16(24(19)11-10-23)12-21-18-4-2-3-8-20-18/h2-6,8,13H,7,9-12,14H2,1H3,(H,20,21). The minimum Gasteiger partial charge on any atom is -0.465 e. The van der Waals surface area contributed by atoms with Crippen LogP contribution in [0, 0.1) is 6.92 Å². The summed E-state index contributed by atoms with van der Waals surface area (Å²) in [6.45, 7) is 6.54. The number of imidazole rings is 1. The van der Waals surface area contributed by atoms with Crippen LogP contribution in [0.25, 0.3) is 0 Å². The van der Waals surface area contributed by atoms with Crippen molar-refractivity contribution in [2.45, 2.75) is 33.0 Å². The topological polar surface area (TPSA) is 59.1 Å². The number of aryl methyl sites for hydroxylation is 1. The van der Waals surface area contributed by atoms with Gasteiger partial charge in [0.2, 0.25) is 0 Å². The molecule has 6 heteroatoms. The van der Waals surface area contributed by atoms with E-state index in [-0.39, 0.29) is 0 Å². The summed E-state index contributed by atoms with van der Waals surface area (Å²) in [6.07, 6.45) is 4.74. The highest BCUT2D eigenvalue weighted by atomic mass is 16.3. The van der Waals surface area contributed by atoms with E-state index in [1.165, 1.54) is 5.69 Å². The number of fused-ring (bicyclic) bond motifs is 1. The van der Waals surface area contributed by atoms with Crippen LogP contribution < -0.4 is 5.32 Å². The van der Waals surface area contributed by atoms with Crippen LogP contribution in [0.5, 0.6) is 0 Å². The third-order valence-corrected chi connectivity index (χ3v) is 4.60. The van der Waals surface area contributed by atoms with Crippen molar-refractivity contribution >= 4 is 5.82 Å². The SMILES string of the molecule is Cc1ccc(CN2CCc3ncc(CNc4ccccn4)n3CC2)o1. The maximum Gasteiger partial charge on any atom is 0.126 e. The summed E-state index contributed by atoms with van der Waals surface area (Å²) in [5, 5.41) is 3.37. The zero-order chi connectivity index (χ0) is 17.1. The van der Waals surface area contributed by atoms with Crippen LogP contribution in [0.4, 0.5) is 5.82 Å². The van der Waals surface area contributed by atoms with E-state index in [9.17, 15) is 0 Å². The Kier molecular flexibility index (Phi) is 4.52. The fraction of sp³-hybridized carbons (Fsp3) is 0.368. The van der Waals surface area contributed by atoms with Crippen LogP contribution in [0.1, 0.15) is 23.0 Å². The molecule has 0 radical (unpaired) electrons. The van der Waals surface area contributed by atoms with Gasteiger partial charge < -0.3 is 14.3 Å². The van der Waals surface area contributed by atoms with Crippen molar-refractivity contribution in [3.05, 3.63) is 65.8 Å². The Hall–Kier alpha value is -2.60. The van der Waals surface area contributed by atoms with Crippen LogP contribution in [-0.4, -0.2) is 32.5 Å². The first-order chi connectivity index (χ1) is 12.3. The molecule has 0 aliphatic carbocycles. The molecular formula is C19H23N5O. The molecule has 0 bridgehead atoms. The van der Waals surface area contributed by atoms with Crippen LogP contribution >= 0.6 is 0 Å². The van der Waals surface area contributed by atoms with Gasteiger partial charge in [0.05, 0.1) is 25.0 Å².